The van der Waals surface area contributed by atoms with Crippen molar-refractivity contribution < 1.29 is 17.6 Å². The molecule has 0 spiro atoms. The van der Waals surface area contributed by atoms with Crippen LogP contribution in [0.3, 0.4) is 0 Å². The number of carbonyl (C=O) groups is 1. The number of anilines is 3. The molecule has 1 amide bonds. The van der Waals surface area contributed by atoms with Crippen molar-refractivity contribution in [1.82, 2.24) is 4.90 Å². The number of nitrogens with one attached hydrogen (secondary N) is 1. The first-order chi connectivity index (χ1) is 19.7. The van der Waals surface area contributed by atoms with E-state index in [0.29, 0.717) is 54.2 Å². The Balaban J connectivity index is 1.24. The maximum Gasteiger partial charge on any atom is 0.254 e. The van der Waals surface area contributed by atoms with E-state index >= 15 is 4.39 Å². The zero-order valence-corrected chi connectivity index (χ0v) is 23.7. The van der Waals surface area contributed by atoms with Crippen LogP contribution in [0.2, 0.25) is 0 Å². The zero-order chi connectivity index (χ0) is 29.1. The van der Waals surface area contributed by atoms with Crippen LogP contribution in [-0.2, 0) is 10.0 Å². The van der Waals surface area contributed by atoms with E-state index in [4.69, 9.17) is 5.14 Å². The third kappa shape index (κ3) is 6.14. The van der Waals surface area contributed by atoms with Gasteiger partial charge in [-0.1, -0.05) is 24.3 Å². The van der Waals surface area contributed by atoms with Gasteiger partial charge in [0.05, 0.1) is 22.6 Å². The zero-order valence-electron chi connectivity index (χ0n) is 22.9. The topological polar surface area (TPSA) is 123 Å². The average Bonchev–Trinajstić information content (AvgIpc) is 2.98. The second-order valence-corrected chi connectivity index (χ2v) is 12.0. The molecule has 5 rings (SSSR count). The number of rotatable bonds is 6. The second kappa shape index (κ2) is 11.8. The van der Waals surface area contributed by atoms with Crippen LogP contribution in [0.1, 0.15) is 34.3 Å². The number of hydrogen-bond donors (Lipinski definition) is 2. The molecule has 0 aliphatic carbocycles. The molecule has 2 aliphatic rings. The van der Waals surface area contributed by atoms with Crippen LogP contribution in [0.4, 0.5) is 21.5 Å². The summed E-state index contributed by atoms with van der Waals surface area (Å²) in [4.78, 5) is 19.4. The lowest BCUT2D eigenvalue weighted by Gasteiger charge is -2.37. The fraction of sp³-hybridized carbons (Fsp3) is 0.333. The normalized spacial score (nSPS) is 16.4. The summed E-state index contributed by atoms with van der Waals surface area (Å²) in [7, 11) is -3.88. The summed E-state index contributed by atoms with van der Waals surface area (Å²) in [5.74, 6) is -0.589. The molecule has 11 heteroatoms. The number of primary sulfonamides is 1. The Kier molecular flexibility index (Phi) is 8.15. The quantitative estimate of drug-likeness (QED) is 0.459. The van der Waals surface area contributed by atoms with Gasteiger partial charge in [0.25, 0.3) is 5.91 Å². The highest BCUT2D eigenvalue weighted by Gasteiger charge is 2.28. The van der Waals surface area contributed by atoms with Crippen LogP contribution in [0.15, 0.2) is 65.6 Å². The molecule has 0 atom stereocenters. The van der Waals surface area contributed by atoms with Crippen molar-refractivity contribution in [3.8, 4) is 6.07 Å². The number of benzene rings is 3. The van der Waals surface area contributed by atoms with Crippen LogP contribution in [0, 0.1) is 24.1 Å². The van der Waals surface area contributed by atoms with Gasteiger partial charge in [-0.3, -0.25) is 4.79 Å². The Morgan fingerprint density at radius 2 is 1.56 bits per heavy atom. The molecule has 3 N–H and O–H groups in total. The second-order valence-electron chi connectivity index (χ2n) is 10.5. The minimum atomic E-state index is -3.88. The minimum Gasteiger partial charge on any atom is -0.380 e. The molecule has 2 heterocycles. The van der Waals surface area contributed by atoms with Gasteiger partial charge in [-0.25, -0.2) is 17.9 Å². The van der Waals surface area contributed by atoms with E-state index < -0.39 is 15.8 Å². The summed E-state index contributed by atoms with van der Waals surface area (Å²) in [6.45, 7) is 4.85. The number of amides is 1. The number of nitrogens with two attached hydrogens (primary N) is 1. The van der Waals surface area contributed by atoms with Crippen molar-refractivity contribution in [2.75, 3.05) is 54.4 Å². The Hall–Kier alpha value is -4.14. The van der Waals surface area contributed by atoms with Crippen LogP contribution in [0.5, 0.6) is 0 Å². The number of para-hydroxylation sites is 2. The van der Waals surface area contributed by atoms with Gasteiger partial charge in [0.15, 0.2) is 0 Å². The van der Waals surface area contributed by atoms with Crippen molar-refractivity contribution >= 4 is 33.0 Å². The van der Waals surface area contributed by atoms with Crippen LogP contribution >= 0.6 is 0 Å². The van der Waals surface area contributed by atoms with Crippen molar-refractivity contribution in [1.29, 1.82) is 5.26 Å². The van der Waals surface area contributed by atoms with Gasteiger partial charge in [0.2, 0.25) is 10.0 Å². The standard InChI is InChI=1S/C30H33FN6O3S/c1-21-18-25(31)26(34-23-10-12-35(13-11-23)27-7-3-2-6-22(27)20-32)19-24(21)30(38)37-16-14-36(15-17-37)28-8-4-5-9-29(28)41(33,39)40/h2-9,18-19,23,34H,10-17H2,1H3,(H2,33,39,40). The molecule has 9 nitrogen and oxygen atoms in total. The SMILES string of the molecule is Cc1cc(F)c(NC2CCN(c3ccccc3C#N)CC2)cc1C(=O)N1CCN(c2ccccc2S(N)(=O)=O)CC1. The largest absolute Gasteiger partial charge is 0.380 e. The Labute approximate surface area is 240 Å². The monoisotopic (exact) mass is 576 g/mol. The highest BCUT2D eigenvalue weighted by Crippen LogP contribution is 2.29. The number of sulfonamides is 1. The molecule has 3 aromatic carbocycles. The van der Waals surface area contributed by atoms with Gasteiger partial charge in [-0.2, -0.15) is 5.26 Å². The number of piperazine rings is 1. The lowest BCUT2D eigenvalue weighted by molar-refractivity contribution is 0.0746. The predicted molar refractivity (Wildman–Crippen MR) is 157 cm³/mol. The van der Waals surface area contributed by atoms with E-state index in [-0.39, 0.29) is 16.8 Å². The molecule has 214 valence electrons. The first kappa shape index (κ1) is 28.4. The summed E-state index contributed by atoms with van der Waals surface area (Å²) < 4.78 is 39.1. The molecular weight excluding hydrogens is 543 g/mol. The van der Waals surface area contributed by atoms with E-state index in [0.717, 1.165) is 31.6 Å². The maximum atomic E-state index is 15.0. The number of halogens is 1. The number of hydrogen-bond acceptors (Lipinski definition) is 7. The smallest absolute Gasteiger partial charge is 0.254 e. The fourth-order valence-electron chi connectivity index (χ4n) is 5.62. The van der Waals surface area contributed by atoms with Gasteiger partial charge in [0.1, 0.15) is 16.8 Å². The van der Waals surface area contributed by atoms with Gasteiger partial charge < -0.3 is 20.0 Å². The minimum absolute atomic E-state index is 0.0306. The van der Waals surface area contributed by atoms with E-state index in [1.54, 1.807) is 36.1 Å². The lowest BCUT2D eigenvalue weighted by atomic mass is 10.0. The van der Waals surface area contributed by atoms with E-state index in [1.807, 2.05) is 29.2 Å². The number of nitriles is 1. The van der Waals surface area contributed by atoms with Crippen LogP contribution in [0.25, 0.3) is 0 Å². The van der Waals surface area contributed by atoms with Crippen molar-refractivity contribution in [3.05, 3.63) is 83.2 Å². The fourth-order valence-corrected chi connectivity index (χ4v) is 6.38. The number of carbonyl (C=O) groups excluding carboxylic acids is 1. The molecule has 0 aromatic heterocycles. The predicted octanol–water partition coefficient (Wildman–Crippen LogP) is 3.70. The van der Waals surface area contributed by atoms with Gasteiger partial charge in [-0.15, -0.1) is 0 Å². The Morgan fingerprint density at radius 1 is 0.951 bits per heavy atom. The summed E-state index contributed by atoms with van der Waals surface area (Å²) in [6, 6.07) is 19.4. The molecule has 2 saturated heterocycles. The maximum absolute atomic E-state index is 15.0. The molecule has 41 heavy (non-hydrogen) atoms. The lowest BCUT2D eigenvalue weighted by Crippen LogP contribution is -2.49. The number of piperidine rings is 1. The Morgan fingerprint density at radius 3 is 2.22 bits per heavy atom. The molecular formula is C30H33FN6O3S. The van der Waals surface area contributed by atoms with Crippen LogP contribution in [-0.4, -0.2) is 64.5 Å². The highest BCUT2D eigenvalue weighted by molar-refractivity contribution is 7.89. The Bertz CT molecular complexity index is 1590. The van der Waals surface area contributed by atoms with Crippen molar-refractivity contribution in [2.24, 2.45) is 5.14 Å². The van der Waals surface area contributed by atoms with Gasteiger partial charge in [-0.05, 0) is 61.7 Å². The summed E-state index contributed by atoms with van der Waals surface area (Å²) >= 11 is 0. The van der Waals surface area contributed by atoms with Crippen molar-refractivity contribution in [2.45, 2.75) is 30.7 Å². The van der Waals surface area contributed by atoms with Gasteiger partial charge >= 0.3 is 0 Å². The summed E-state index contributed by atoms with van der Waals surface area (Å²) in [6.07, 6.45) is 1.52. The summed E-state index contributed by atoms with van der Waals surface area (Å²) in [5, 5.41) is 18.1. The van der Waals surface area contributed by atoms with Crippen molar-refractivity contribution in [3.63, 3.8) is 0 Å². The number of aryl methyl sites for hydroxylation is 1. The molecule has 2 fully saturated rings. The van der Waals surface area contributed by atoms with Gasteiger partial charge in [0, 0.05) is 50.9 Å². The van der Waals surface area contributed by atoms with Crippen LogP contribution < -0.4 is 20.3 Å². The average molecular weight is 577 g/mol. The van der Waals surface area contributed by atoms with E-state index in [1.165, 1.54) is 12.1 Å². The van der Waals surface area contributed by atoms with E-state index in [2.05, 4.69) is 16.3 Å². The third-order valence-electron chi connectivity index (χ3n) is 7.84. The third-order valence-corrected chi connectivity index (χ3v) is 8.80. The molecule has 0 radical (unpaired) electrons. The molecule has 0 saturated carbocycles. The first-order valence-electron chi connectivity index (χ1n) is 13.6. The molecule has 0 unspecified atom stereocenters. The highest BCUT2D eigenvalue weighted by atomic mass is 32.2. The molecule has 2 aliphatic heterocycles. The molecule has 0 bridgehead atoms. The number of nitrogens with zero attached hydrogens (tertiary/aromatic N) is 4. The summed E-state index contributed by atoms with van der Waals surface area (Å²) in [5.41, 5.74) is 3.37. The van der Waals surface area contributed by atoms with E-state index in [9.17, 15) is 18.5 Å². The first-order valence-corrected chi connectivity index (χ1v) is 15.2. The molecule has 3 aromatic rings.